The van der Waals surface area contributed by atoms with Crippen LogP contribution in [0, 0.1) is 11.8 Å². The fourth-order valence-electron chi connectivity index (χ4n) is 2.31. The smallest absolute Gasteiger partial charge is 0.330 e. The SMILES string of the molecule is CC(CN)CCCN1CCCC(C(F)(F)F)C1. The van der Waals surface area contributed by atoms with Crippen LogP contribution in [0.1, 0.15) is 32.6 Å². The number of halogens is 3. The van der Waals surface area contributed by atoms with E-state index >= 15 is 0 Å². The van der Waals surface area contributed by atoms with Crippen molar-refractivity contribution in [3.8, 4) is 0 Å². The number of likely N-dealkylation sites (tertiary alicyclic amines) is 1. The number of nitrogens with two attached hydrogens (primary N) is 1. The van der Waals surface area contributed by atoms with Gasteiger partial charge in [0.2, 0.25) is 0 Å². The van der Waals surface area contributed by atoms with E-state index in [4.69, 9.17) is 5.73 Å². The van der Waals surface area contributed by atoms with Crippen molar-refractivity contribution in [2.45, 2.75) is 38.8 Å². The minimum atomic E-state index is -4.02. The van der Waals surface area contributed by atoms with Gasteiger partial charge in [0.15, 0.2) is 0 Å². The van der Waals surface area contributed by atoms with E-state index < -0.39 is 12.1 Å². The van der Waals surface area contributed by atoms with Gasteiger partial charge in [0.25, 0.3) is 0 Å². The summed E-state index contributed by atoms with van der Waals surface area (Å²) in [5.74, 6) is -0.651. The Morgan fingerprint density at radius 1 is 1.41 bits per heavy atom. The highest BCUT2D eigenvalue weighted by Gasteiger charge is 2.41. The zero-order valence-electron chi connectivity index (χ0n) is 10.5. The molecule has 2 N–H and O–H groups in total. The Hall–Kier alpha value is -0.290. The summed E-state index contributed by atoms with van der Waals surface area (Å²) in [7, 11) is 0. The molecule has 0 aromatic carbocycles. The molecular weight excluding hydrogens is 229 g/mol. The van der Waals surface area contributed by atoms with E-state index in [1.807, 2.05) is 4.90 Å². The quantitative estimate of drug-likeness (QED) is 0.815. The maximum absolute atomic E-state index is 12.6. The van der Waals surface area contributed by atoms with Crippen molar-refractivity contribution < 1.29 is 13.2 Å². The molecule has 0 aromatic rings. The van der Waals surface area contributed by atoms with Gasteiger partial charge in [-0.25, -0.2) is 0 Å². The van der Waals surface area contributed by atoms with Gasteiger partial charge in [0.1, 0.15) is 0 Å². The van der Waals surface area contributed by atoms with Crippen LogP contribution < -0.4 is 5.73 Å². The molecule has 2 nitrogen and oxygen atoms in total. The van der Waals surface area contributed by atoms with Crippen LogP contribution >= 0.6 is 0 Å². The molecule has 0 bridgehead atoms. The molecule has 0 aliphatic carbocycles. The summed E-state index contributed by atoms with van der Waals surface area (Å²) in [6, 6.07) is 0. The summed E-state index contributed by atoms with van der Waals surface area (Å²) in [6.45, 7) is 4.50. The van der Waals surface area contributed by atoms with Crippen molar-refractivity contribution in [2.24, 2.45) is 17.6 Å². The van der Waals surface area contributed by atoms with Crippen molar-refractivity contribution in [3.05, 3.63) is 0 Å². The fraction of sp³-hybridized carbons (Fsp3) is 1.00. The molecule has 102 valence electrons. The lowest BCUT2D eigenvalue weighted by molar-refractivity contribution is -0.186. The average molecular weight is 252 g/mol. The Balaban J connectivity index is 2.25. The molecule has 1 aliphatic heterocycles. The normalized spacial score (nSPS) is 24.9. The summed E-state index contributed by atoms with van der Waals surface area (Å²) in [4.78, 5) is 1.95. The lowest BCUT2D eigenvalue weighted by Crippen LogP contribution is -2.42. The second-order valence-electron chi connectivity index (χ2n) is 5.16. The average Bonchev–Trinajstić information content (AvgIpc) is 2.28. The van der Waals surface area contributed by atoms with E-state index in [1.54, 1.807) is 0 Å². The molecule has 17 heavy (non-hydrogen) atoms. The van der Waals surface area contributed by atoms with Gasteiger partial charge in [-0.15, -0.1) is 0 Å². The molecule has 1 saturated heterocycles. The van der Waals surface area contributed by atoms with Crippen LogP contribution in [0.5, 0.6) is 0 Å². The molecule has 2 atom stereocenters. The minimum absolute atomic E-state index is 0.181. The molecule has 2 unspecified atom stereocenters. The summed E-state index contributed by atoms with van der Waals surface area (Å²) in [5, 5.41) is 0. The van der Waals surface area contributed by atoms with Gasteiger partial charge >= 0.3 is 6.18 Å². The molecule has 0 saturated carbocycles. The van der Waals surface area contributed by atoms with Crippen molar-refractivity contribution in [3.63, 3.8) is 0 Å². The number of nitrogens with zero attached hydrogens (tertiary/aromatic N) is 1. The zero-order valence-corrected chi connectivity index (χ0v) is 10.5. The summed E-state index contributed by atoms with van der Waals surface area (Å²) in [6.07, 6.45) is -1.12. The number of hydrogen-bond donors (Lipinski definition) is 1. The Kier molecular flexibility index (Phi) is 5.73. The molecule has 1 fully saturated rings. The summed E-state index contributed by atoms with van der Waals surface area (Å²) < 4.78 is 37.7. The Morgan fingerprint density at radius 3 is 2.71 bits per heavy atom. The first-order valence-corrected chi connectivity index (χ1v) is 6.42. The third-order valence-corrected chi connectivity index (χ3v) is 3.54. The molecule has 5 heteroatoms. The van der Waals surface area contributed by atoms with Gasteiger partial charge in [-0.05, 0) is 51.2 Å². The first kappa shape index (κ1) is 14.8. The van der Waals surface area contributed by atoms with Crippen LogP contribution in [0.15, 0.2) is 0 Å². The maximum atomic E-state index is 12.6. The van der Waals surface area contributed by atoms with Crippen molar-refractivity contribution in [1.29, 1.82) is 0 Å². The van der Waals surface area contributed by atoms with E-state index in [1.165, 1.54) is 0 Å². The van der Waals surface area contributed by atoms with E-state index in [2.05, 4.69) is 6.92 Å². The van der Waals surface area contributed by atoms with E-state index in [0.29, 0.717) is 25.3 Å². The highest BCUT2D eigenvalue weighted by molar-refractivity contribution is 4.78. The lowest BCUT2D eigenvalue weighted by Gasteiger charge is -2.33. The van der Waals surface area contributed by atoms with Crippen LogP contribution in [-0.4, -0.2) is 37.3 Å². The third kappa shape index (κ3) is 5.25. The highest BCUT2D eigenvalue weighted by Crippen LogP contribution is 2.33. The monoisotopic (exact) mass is 252 g/mol. The molecular formula is C12H23F3N2. The van der Waals surface area contributed by atoms with Crippen LogP contribution in [0.4, 0.5) is 13.2 Å². The van der Waals surface area contributed by atoms with Gasteiger partial charge in [-0.3, -0.25) is 0 Å². The second-order valence-corrected chi connectivity index (χ2v) is 5.16. The third-order valence-electron chi connectivity index (χ3n) is 3.54. The van der Waals surface area contributed by atoms with Crippen LogP contribution in [0.3, 0.4) is 0 Å². The highest BCUT2D eigenvalue weighted by atomic mass is 19.4. The maximum Gasteiger partial charge on any atom is 0.393 e. The molecule has 0 radical (unpaired) electrons. The van der Waals surface area contributed by atoms with Gasteiger partial charge in [0.05, 0.1) is 5.92 Å². The van der Waals surface area contributed by atoms with Crippen molar-refractivity contribution in [1.82, 2.24) is 4.90 Å². The van der Waals surface area contributed by atoms with Crippen molar-refractivity contribution >= 4 is 0 Å². The van der Waals surface area contributed by atoms with Crippen molar-refractivity contribution in [2.75, 3.05) is 26.2 Å². The second kappa shape index (κ2) is 6.59. The Labute approximate surface area is 101 Å². The standard InChI is InChI=1S/C12H23F3N2/c1-10(8-16)4-2-6-17-7-3-5-11(9-17)12(13,14)15/h10-11H,2-9,16H2,1H3. The lowest BCUT2D eigenvalue weighted by atomic mass is 9.97. The first-order valence-electron chi connectivity index (χ1n) is 6.42. The molecule has 0 spiro atoms. The molecule has 1 heterocycles. The fourth-order valence-corrected chi connectivity index (χ4v) is 2.31. The predicted molar refractivity (Wildman–Crippen MR) is 62.7 cm³/mol. The van der Waals surface area contributed by atoms with E-state index in [0.717, 1.165) is 25.9 Å². The van der Waals surface area contributed by atoms with Gasteiger partial charge < -0.3 is 10.6 Å². The zero-order chi connectivity index (χ0) is 12.9. The van der Waals surface area contributed by atoms with Crippen LogP contribution in [-0.2, 0) is 0 Å². The minimum Gasteiger partial charge on any atom is -0.330 e. The van der Waals surface area contributed by atoms with Crippen LogP contribution in [0.2, 0.25) is 0 Å². The molecule has 1 aliphatic rings. The van der Waals surface area contributed by atoms with E-state index in [9.17, 15) is 13.2 Å². The predicted octanol–water partition coefficient (Wildman–Crippen LogP) is 2.64. The summed E-state index contributed by atoms with van der Waals surface area (Å²) >= 11 is 0. The number of rotatable bonds is 5. The number of hydrogen-bond acceptors (Lipinski definition) is 2. The first-order chi connectivity index (χ1) is 7.93. The summed E-state index contributed by atoms with van der Waals surface area (Å²) in [5.41, 5.74) is 5.51. The molecule has 0 amide bonds. The molecule has 0 aromatic heterocycles. The van der Waals surface area contributed by atoms with Gasteiger partial charge in [-0.1, -0.05) is 6.92 Å². The molecule has 1 rings (SSSR count). The Morgan fingerprint density at radius 2 is 2.12 bits per heavy atom. The van der Waals surface area contributed by atoms with E-state index in [-0.39, 0.29) is 6.54 Å². The van der Waals surface area contributed by atoms with Gasteiger partial charge in [-0.2, -0.15) is 13.2 Å². The number of piperidine rings is 1. The number of alkyl halides is 3. The van der Waals surface area contributed by atoms with Gasteiger partial charge in [0, 0.05) is 6.54 Å². The van der Waals surface area contributed by atoms with Crippen LogP contribution in [0.25, 0.3) is 0 Å². The Bertz CT molecular complexity index is 218. The topological polar surface area (TPSA) is 29.3 Å². The largest absolute Gasteiger partial charge is 0.393 e.